The average Bonchev–Trinajstić information content (AvgIpc) is 2.45. The fourth-order valence-electron chi connectivity index (χ4n) is 2.00. The molecule has 0 spiro atoms. The van der Waals surface area contributed by atoms with Crippen LogP contribution in [0.1, 0.15) is 16.7 Å². The van der Waals surface area contributed by atoms with E-state index in [4.69, 9.17) is 4.74 Å². The number of nitrogens with one attached hydrogen (secondary N) is 1. The summed E-state index contributed by atoms with van der Waals surface area (Å²) in [6, 6.07) is 8.67. The van der Waals surface area contributed by atoms with Crippen LogP contribution in [-0.4, -0.2) is 15.5 Å². The van der Waals surface area contributed by atoms with Crippen LogP contribution in [0, 0.1) is 20.8 Å². The van der Waals surface area contributed by atoms with Gasteiger partial charge in [0.15, 0.2) is 0 Å². The van der Waals surface area contributed by atoms with Crippen molar-refractivity contribution in [2.45, 2.75) is 25.7 Å². The maximum atomic E-state index is 12.6. The molecule has 0 aliphatic rings. The predicted octanol–water partition coefficient (Wildman–Crippen LogP) is 4.18. The summed E-state index contributed by atoms with van der Waals surface area (Å²) in [7, 11) is -2.26. The second kappa shape index (κ2) is 6.30. The molecular weight excluding hydrogens is 366 g/mol. The molecule has 22 heavy (non-hydrogen) atoms. The van der Waals surface area contributed by atoms with Gasteiger partial charge >= 0.3 is 0 Å². The monoisotopic (exact) mass is 383 g/mol. The molecule has 0 aliphatic heterocycles. The van der Waals surface area contributed by atoms with Crippen LogP contribution in [0.15, 0.2) is 39.7 Å². The molecule has 0 aromatic heterocycles. The Hall–Kier alpha value is -1.53. The molecule has 0 fully saturated rings. The molecule has 4 nitrogen and oxygen atoms in total. The Morgan fingerprint density at radius 1 is 1.00 bits per heavy atom. The van der Waals surface area contributed by atoms with Gasteiger partial charge in [-0.1, -0.05) is 22.0 Å². The van der Waals surface area contributed by atoms with Crippen LogP contribution in [0.2, 0.25) is 0 Å². The standard InChI is InChI=1S/C16H18BrNO3S/c1-10-5-6-13(9-14(10)17)18-22(19,20)16-8-12(3)11(2)7-15(16)21-4/h5-9,18H,1-4H3. The van der Waals surface area contributed by atoms with Crippen molar-refractivity contribution >= 4 is 31.6 Å². The van der Waals surface area contributed by atoms with Crippen molar-refractivity contribution in [1.29, 1.82) is 0 Å². The van der Waals surface area contributed by atoms with E-state index in [1.807, 2.05) is 26.8 Å². The first kappa shape index (κ1) is 16.8. The fraction of sp³-hybridized carbons (Fsp3) is 0.250. The zero-order valence-corrected chi connectivity index (χ0v) is 15.3. The van der Waals surface area contributed by atoms with Gasteiger partial charge in [0.05, 0.1) is 7.11 Å². The number of methoxy groups -OCH3 is 1. The van der Waals surface area contributed by atoms with E-state index in [0.717, 1.165) is 21.2 Å². The number of sulfonamides is 1. The Morgan fingerprint density at radius 3 is 2.23 bits per heavy atom. The zero-order chi connectivity index (χ0) is 16.5. The third-order valence-electron chi connectivity index (χ3n) is 3.49. The highest BCUT2D eigenvalue weighted by Crippen LogP contribution is 2.30. The van der Waals surface area contributed by atoms with Crippen LogP contribution in [0.4, 0.5) is 5.69 Å². The second-order valence-corrected chi connectivity index (χ2v) is 7.66. The average molecular weight is 384 g/mol. The van der Waals surface area contributed by atoms with Crippen LogP contribution in [-0.2, 0) is 10.0 Å². The minimum Gasteiger partial charge on any atom is -0.495 e. The van der Waals surface area contributed by atoms with Gasteiger partial charge in [0.1, 0.15) is 10.6 Å². The van der Waals surface area contributed by atoms with Crippen LogP contribution in [0.3, 0.4) is 0 Å². The molecule has 2 rings (SSSR count). The minimum absolute atomic E-state index is 0.134. The summed E-state index contributed by atoms with van der Waals surface area (Å²) >= 11 is 3.40. The van der Waals surface area contributed by atoms with Crippen molar-refractivity contribution in [2.75, 3.05) is 11.8 Å². The van der Waals surface area contributed by atoms with Crippen LogP contribution < -0.4 is 9.46 Å². The van der Waals surface area contributed by atoms with Crippen LogP contribution >= 0.6 is 15.9 Å². The number of hydrogen-bond donors (Lipinski definition) is 1. The minimum atomic E-state index is -3.72. The Labute approximate surface area is 139 Å². The SMILES string of the molecule is COc1cc(C)c(C)cc1S(=O)(=O)Nc1ccc(C)c(Br)c1. The quantitative estimate of drug-likeness (QED) is 0.860. The molecule has 2 aromatic rings. The summed E-state index contributed by atoms with van der Waals surface area (Å²) in [4.78, 5) is 0.134. The third kappa shape index (κ3) is 3.44. The lowest BCUT2D eigenvalue weighted by atomic mass is 10.1. The van der Waals surface area contributed by atoms with E-state index in [1.165, 1.54) is 7.11 Å². The molecule has 0 amide bonds. The summed E-state index contributed by atoms with van der Waals surface area (Å²) in [5.41, 5.74) is 3.41. The van der Waals surface area contributed by atoms with Gasteiger partial charge in [-0.15, -0.1) is 0 Å². The Morgan fingerprint density at radius 2 is 1.64 bits per heavy atom. The van der Waals surface area contributed by atoms with Crippen molar-refractivity contribution in [3.63, 3.8) is 0 Å². The second-order valence-electron chi connectivity index (χ2n) is 5.16. The summed E-state index contributed by atoms with van der Waals surface area (Å²) in [6.45, 7) is 5.73. The van der Waals surface area contributed by atoms with Gasteiger partial charge in [0, 0.05) is 10.2 Å². The van der Waals surface area contributed by atoms with Gasteiger partial charge in [-0.3, -0.25) is 4.72 Å². The molecule has 0 aliphatic carbocycles. The van der Waals surface area contributed by atoms with Gasteiger partial charge in [0.2, 0.25) is 0 Å². The zero-order valence-electron chi connectivity index (χ0n) is 12.9. The summed E-state index contributed by atoms with van der Waals surface area (Å²) < 4.78 is 33.9. The molecule has 6 heteroatoms. The number of benzene rings is 2. The van der Waals surface area contributed by atoms with E-state index >= 15 is 0 Å². The molecule has 0 radical (unpaired) electrons. The maximum absolute atomic E-state index is 12.6. The highest BCUT2D eigenvalue weighted by atomic mass is 79.9. The largest absolute Gasteiger partial charge is 0.495 e. The highest BCUT2D eigenvalue weighted by molar-refractivity contribution is 9.10. The molecule has 0 atom stereocenters. The van der Waals surface area contributed by atoms with Crippen molar-refractivity contribution in [3.05, 3.63) is 51.5 Å². The van der Waals surface area contributed by atoms with Gasteiger partial charge in [0.25, 0.3) is 10.0 Å². The number of aryl methyl sites for hydroxylation is 3. The molecule has 0 saturated carbocycles. The summed E-state index contributed by atoms with van der Waals surface area (Å²) in [6.07, 6.45) is 0. The van der Waals surface area contributed by atoms with Crippen molar-refractivity contribution in [3.8, 4) is 5.75 Å². The Balaban J connectivity index is 2.46. The Kier molecular flexibility index (Phi) is 4.82. The van der Waals surface area contributed by atoms with E-state index < -0.39 is 10.0 Å². The van der Waals surface area contributed by atoms with E-state index in [9.17, 15) is 8.42 Å². The number of halogens is 1. The summed E-state index contributed by atoms with van der Waals surface area (Å²) in [5, 5.41) is 0. The normalized spacial score (nSPS) is 11.3. The number of hydrogen-bond acceptors (Lipinski definition) is 3. The van der Waals surface area contributed by atoms with Gasteiger partial charge in [-0.05, 0) is 61.7 Å². The fourth-order valence-corrected chi connectivity index (χ4v) is 3.66. The molecule has 118 valence electrons. The first-order valence-corrected chi connectivity index (χ1v) is 8.96. The number of rotatable bonds is 4. The molecule has 1 N–H and O–H groups in total. The van der Waals surface area contributed by atoms with E-state index in [0.29, 0.717) is 11.4 Å². The smallest absolute Gasteiger partial charge is 0.265 e. The topological polar surface area (TPSA) is 55.4 Å². The molecule has 0 unspecified atom stereocenters. The van der Waals surface area contributed by atoms with Gasteiger partial charge < -0.3 is 4.74 Å². The lowest BCUT2D eigenvalue weighted by Gasteiger charge is -2.14. The number of ether oxygens (including phenoxy) is 1. The lowest BCUT2D eigenvalue weighted by Crippen LogP contribution is -2.14. The van der Waals surface area contributed by atoms with Crippen LogP contribution in [0.5, 0.6) is 5.75 Å². The van der Waals surface area contributed by atoms with Crippen molar-refractivity contribution in [2.24, 2.45) is 0 Å². The number of anilines is 1. The third-order valence-corrected chi connectivity index (χ3v) is 5.75. The molecule has 0 saturated heterocycles. The first-order valence-electron chi connectivity index (χ1n) is 6.69. The van der Waals surface area contributed by atoms with Crippen LogP contribution in [0.25, 0.3) is 0 Å². The molecule has 2 aromatic carbocycles. The predicted molar refractivity (Wildman–Crippen MR) is 92.2 cm³/mol. The summed E-state index contributed by atoms with van der Waals surface area (Å²) in [5.74, 6) is 0.335. The Bertz CT molecular complexity index is 816. The van der Waals surface area contributed by atoms with Gasteiger partial charge in [-0.25, -0.2) is 8.42 Å². The van der Waals surface area contributed by atoms with Crippen molar-refractivity contribution in [1.82, 2.24) is 0 Å². The highest BCUT2D eigenvalue weighted by Gasteiger charge is 2.21. The van der Waals surface area contributed by atoms with E-state index in [2.05, 4.69) is 20.7 Å². The first-order chi connectivity index (χ1) is 10.2. The van der Waals surface area contributed by atoms with Gasteiger partial charge in [-0.2, -0.15) is 0 Å². The maximum Gasteiger partial charge on any atom is 0.265 e. The van der Waals surface area contributed by atoms with E-state index in [1.54, 1.807) is 24.3 Å². The van der Waals surface area contributed by atoms with Crippen molar-refractivity contribution < 1.29 is 13.2 Å². The molecule has 0 heterocycles. The lowest BCUT2D eigenvalue weighted by molar-refractivity contribution is 0.402. The van der Waals surface area contributed by atoms with E-state index in [-0.39, 0.29) is 4.90 Å². The molecule has 0 bridgehead atoms. The molecular formula is C16H18BrNO3S.